The van der Waals surface area contributed by atoms with Crippen molar-refractivity contribution in [1.29, 1.82) is 0 Å². The van der Waals surface area contributed by atoms with Gasteiger partial charge in [-0.2, -0.15) is 11.8 Å². The maximum Gasteiger partial charge on any atom is 0.315 e. The molecular weight excluding hydrogens is 326 g/mol. The average molecular weight is 356 g/mol. The molecule has 2 saturated heterocycles. The van der Waals surface area contributed by atoms with Crippen LogP contribution in [0.3, 0.4) is 0 Å². The fourth-order valence-electron chi connectivity index (χ4n) is 3.01. The van der Waals surface area contributed by atoms with Gasteiger partial charge in [-0.25, -0.2) is 4.79 Å². The number of ketones is 1. The quantitative estimate of drug-likeness (QED) is 0.458. The molecule has 0 saturated carbocycles. The van der Waals surface area contributed by atoms with Crippen molar-refractivity contribution in [3.05, 3.63) is 0 Å². The Hall–Kier alpha value is -1.24. The van der Waals surface area contributed by atoms with Gasteiger partial charge in [0.15, 0.2) is 0 Å². The number of unbranched alkanes of at least 4 members (excludes halogenated alkanes) is 2. The second kappa shape index (κ2) is 8.23. The van der Waals surface area contributed by atoms with E-state index in [0.717, 1.165) is 25.0 Å². The maximum atomic E-state index is 12.0. The van der Waals surface area contributed by atoms with Crippen molar-refractivity contribution in [3.8, 4) is 0 Å². The number of Topliss-reactive ketones (excluding diaryl/α,β-unsaturated/α-hetero) is 1. The number of amides is 3. The molecule has 0 spiro atoms. The smallest absolute Gasteiger partial charge is 0.315 e. The average Bonchev–Trinajstić information content (AvgIpc) is 3.02. The second-order valence-electron chi connectivity index (χ2n) is 7.66. The van der Waals surface area contributed by atoms with Gasteiger partial charge in [0, 0.05) is 35.8 Å². The van der Waals surface area contributed by atoms with Crippen molar-refractivity contribution in [1.82, 2.24) is 16.0 Å². The van der Waals surface area contributed by atoms with Crippen LogP contribution in [-0.4, -0.2) is 47.4 Å². The van der Waals surface area contributed by atoms with Crippen LogP contribution in [0.1, 0.15) is 52.9 Å². The standard InChI is InChI=1S/C17H29N3O3S/c1-17(2,3)13(21)7-5-4-6-8-18-14(22)9-12-15-11(10-24-12)19-16(23)20-15/h11-12,15H,4-10H2,1-3H3,(H,18,22)(H2,19,20,23)/t11-,12-,15-/m0/s1. The SMILES string of the molecule is CC(C)(C)C(=O)CCCCCNC(=O)C[C@@H]1SC[C@@H]2NC(=O)N[C@@H]21. The lowest BCUT2D eigenvalue weighted by Crippen LogP contribution is -2.39. The van der Waals surface area contributed by atoms with Crippen LogP contribution in [0.15, 0.2) is 0 Å². The molecule has 0 radical (unpaired) electrons. The molecule has 6 nitrogen and oxygen atoms in total. The van der Waals surface area contributed by atoms with Gasteiger partial charge in [-0.15, -0.1) is 0 Å². The zero-order valence-corrected chi connectivity index (χ0v) is 15.6. The highest BCUT2D eigenvalue weighted by Crippen LogP contribution is 2.31. The molecule has 136 valence electrons. The topological polar surface area (TPSA) is 87.3 Å². The number of hydrogen-bond donors (Lipinski definition) is 3. The normalized spacial score (nSPS) is 25.8. The molecular formula is C17H29N3O3S. The number of nitrogens with one attached hydrogen (secondary N) is 3. The molecule has 24 heavy (non-hydrogen) atoms. The van der Waals surface area contributed by atoms with E-state index in [9.17, 15) is 14.4 Å². The largest absolute Gasteiger partial charge is 0.356 e. The molecule has 2 aliphatic heterocycles. The summed E-state index contributed by atoms with van der Waals surface area (Å²) in [7, 11) is 0. The Morgan fingerprint density at radius 1 is 1.21 bits per heavy atom. The van der Waals surface area contributed by atoms with Crippen molar-refractivity contribution in [2.75, 3.05) is 12.3 Å². The third kappa shape index (κ3) is 5.40. The van der Waals surface area contributed by atoms with E-state index < -0.39 is 0 Å². The summed E-state index contributed by atoms with van der Waals surface area (Å²) in [6.07, 6.45) is 3.78. The Morgan fingerprint density at radius 3 is 2.67 bits per heavy atom. The molecule has 3 amide bonds. The number of urea groups is 1. The Morgan fingerprint density at radius 2 is 1.96 bits per heavy atom. The van der Waals surface area contributed by atoms with E-state index in [-0.39, 0.29) is 34.7 Å². The summed E-state index contributed by atoms with van der Waals surface area (Å²) < 4.78 is 0. The summed E-state index contributed by atoms with van der Waals surface area (Å²) in [5.41, 5.74) is -0.254. The number of fused-ring (bicyclic) bond motifs is 1. The minimum absolute atomic E-state index is 0.0417. The molecule has 7 heteroatoms. The summed E-state index contributed by atoms with van der Waals surface area (Å²) >= 11 is 1.74. The van der Waals surface area contributed by atoms with Crippen LogP contribution in [-0.2, 0) is 9.59 Å². The third-order valence-electron chi connectivity index (χ3n) is 4.56. The van der Waals surface area contributed by atoms with Crippen LogP contribution < -0.4 is 16.0 Å². The van der Waals surface area contributed by atoms with E-state index in [1.165, 1.54) is 0 Å². The van der Waals surface area contributed by atoms with Gasteiger partial charge < -0.3 is 16.0 Å². The first-order valence-corrected chi connectivity index (χ1v) is 9.81. The van der Waals surface area contributed by atoms with Gasteiger partial charge >= 0.3 is 6.03 Å². The predicted octanol–water partition coefficient (Wildman–Crippen LogP) is 1.83. The highest BCUT2D eigenvalue weighted by Gasteiger charge is 2.43. The summed E-state index contributed by atoms with van der Waals surface area (Å²) in [6, 6.07) is 0.0952. The minimum atomic E-state index is -0.254. The summed E-state index contributed by atoms with van der Waals surface area (Å²) in [6.45, 7) is 6.49. The highest BCUT2D eigenvalue weighted by molar-refractivity contribution is 8.00. The van der Waals surface area contributed by atoms with Gasteiger partial charge in [-0.05, 0) is 12.8 Å². The van der Waals surface area contributed by atoms with Crippen molar-refractivity contribution in [2.24, 2.45) is 5.41 Å². The van der Waals surface area contributed by atoms with Crippen LogP contribution in [0.5, 0.6) is 0 Å². The van der Waals surface area contributed by atoms with Gasteiger partial charge in [0.1, 0.15) is 5.78 Å². The van der Waals surface area contributed by atoms with Crippen LogP contribution in [0, 0.1) is 5.41 Å². The first kappa shape index (κ1) is 19.1. The lowest BCUT2D eigenvalue weighted by atomic mass is 9.88. The lowest BCUT2D eigenvalue weighted by Gasteiger charge is -2.17. The predicted molar refractivity (Wildman–Crippen MR) is 96.0 cm³/mol. The van der Waals surface area contributed by atoms with E-state index in [2.05, 4.69) is 16.0 Å². The van der Waals surface area contributed by atoms with Gasteiger partial charge in [-0.3, -0.25) is 9.59 Å². The molecule has 0 aliphatic carbocycles. The molecule has 2 rings (SSSR count). The Labute approximate surface area is 148 Å². The van der Waals surface area contributed by atoms with Gasteiger partial charge in [-0.1, -0.05) is 27.2 Å². The van der Waals surface area contributed by atoms with E-state index in [4.69, 9.17) is 0 Å². The van der Waals surface area contributed by atoms with E-state index in [1.54, 1.807) is 11.8 Å². The molecule has 2 aliphatic rings. The maximum absolute atomic E-state index is 12.0. The van der Waals surface area contributed by atoms with E-state index >= 15 is 0 Å². The van der Waals surface area contributed by atoms with Crippen LogP contribution in [0.2, 0.25) is 0 Å². The Kier molecular flexibility index (Phi) is 6.54. The zero-order chi connectivity index (χ0) is 17.7. The molecule has 0 bridgehead atoms. The van der Waals surface area contributed by atoms with Crippen molar-refractivity contribution in [3.63, 3.8) is 0 Å². The molecule has 2 fully saturated rings. The van der Waals surface area contributed by atoms with Gasteiger partial charge in [0.05, 0.1) is 12.1 Å². The Balaban J connectivity index is 1.54. The van der Waals surface area contributed by atoms with Crippen LogP contribution in [0.25, 0.3) is 0 Å². The van der Waals surface area contributed by atoms with Crippen molar-refractivity contribution < 1.29 is 14.4 Å². The summed E-state index contributed by atoms with van der Waals surface area (Å²) in [5.74, 6) is 1.20. The van der Waals surface area contributed by atoms with Crippen LogP contribution in [0.4, 0.5) is 4.79 Å². The molecule has 3 N–H and O–H groups in total. The molecule has 0 unspecified atom stereocenters. The van der Waals surface area contributed by atoms with Crippen molar-refractivity contribution >= 4 is 29.5 Å². The van der Waals surface area contributed by atoms with Gasteiger partial charge in [0.25, 0.3) is 0 Å². The van der Waals surface area contributed by atoms with E-state index in [1.807, 2.05) is 20.8 Å². The molecule has 3 atom stereocenters. The number of hydrogen-bond acceptors (Lipinski definition) is 4. The Bertz CT molecular complexity index is 490. The fraction of sp³-hybridized carbons (Fsp3) is 0.824. The monoisotopic (exact) mass is 355 g/mol. The number of thioether (sulfide) groups is 1. The lowest BCUT2D eigenvalue weighted by molar-refractivity contribution is -0.126. The molecule has 0 aromatic carbocycles. The second-order valence-corrected chi connectivity index (χ2v) is 8.93. The molecule has 2 heterocycles. The molecule has 0 aromatic heterocycles. The first-order chi connectivity index (χ1) is 11.3. The third-order valence-corrected chi connectivity index (χ3v) is 6.00. The number of carbonyl (C=O) groups excluding carboxylic acids is 3. The minimum Gasteiger partial charge on any atom is -0.356 e. The van der Waals surface area contributed by atoms with Crippen molar-refractivity contribution in [2.45, 2.75) is 70.2 Å². The van der Waals surface area contributed by atoms with E-state index in [0.29, 0.717) is 25.2 Å². The summed E-state index contributed by atoms with van der Waals surface area (Å²) in [5, 5.41) is 8.87. The van der Waals surface area contributed by atoms with Gasteiger partial charge in [0.2, 0.25) is 5.91 Å². The number of carbonyl (C=O) groups is 3. The zero-order valence-electron chi connectivity index (χ0n) is 14.8. The number of rotatable bonds is 8. The summed E-state index contributed by atoms with van der Waals surface area (Å²) in [4.78, 5) is 35.1. The molecule has 0 aromatic rings. The highest BCUT2D eigenvalue weighted by atomic mass is 32.2. The fourth-order valence-corrected chi connectivity index (χ4v) is 4.49. The first-order valence-electron chi connectivity index (χ1n) is 8.76. The van der Waals surface area contributed by atoms with Crippen LogP contribution >= 0.6 is 11.8 Å².